The molecule has 3 heteroatoms. The van der Waals surface area contributed by atoms with Crippen molar-refractivity contribution in [1.82, 2.24) is 4.90 Å². The van der Waals surface area contributed by atoms with E-state index in [1.54, 1.807) is 0 Å². The summed E-state index contributed by atoms with van der Waals surface area (Å²) < 4.78 is 5.81. The van der Waals surface area contributed by atoms with E-state index in [-0.39, 0.29) is 24.1 Å². The number of carbonyl (C=O) groups is 1. The Kier molecular flexibility index (Phi) is 4.24. The van der Waals surface area contributed by atoms with Crippen LogP contribution in [0.5, 0.6) is 0 Å². The van der Waals surface area contributed by atoms with Gasteiger partial charge in [-0.2, -0.15) is 0 Å². The van der Waals surface area contributed by atoms with E-state index in [4.69, 9.17) is 4.74 Å². The van der Waals surface area contributed by atoms with Gasteiger partial charge in [0.25, 0.3) is 0 Å². The number of fused-ring (bicyclic) bond motifs is 3. The van der Waals surface area contributed by atoms with Crippen LogP contribution in [-0.2, 0) is 4.74 Å². The van der Waals surface area contributed by atoms with Gasteiger partial charge in [-0.15, -0.1) is 0 Å². The lowest BCUT2D eigenvalue weighted by Gasteiger charge is -2.38. The fourth-order valence-corrected chi connectivity index (χ4v) is 4.45. The highest BCUT2D eigenvalue weighted by atomic mass is 16.6. The van der Waals surface area contributed by atoms with Gasteiger partial charge >= 0.3 is 6.09 Å². The van der Waals surface area contributed by atoms with Gasteiger partial charge in [0.2, 0.25) is 0 Å². The lowest BCUT2D eigenvalue weighted by atomic mass is 9.97. The minimum atomic E-state index is -0.165. The number of piperidine rings is 1. The molecule has 0 bridgehead atoms. The summed E-state index contributed by atoms with van der Waals surface area (Å²) in [6.45, 7) is 4.65. The molecule has 1 amide bonds. The zero-order chi connectivity index (χ0) is 17.4. The normalized spacial score (nSPS) is 22.4. The number of likely N-dealkylation sites (tertiary alicyclic amines) is 1. The van der Waals surface area contributed by atoms with E-state index in [2.05, 4.69) is 62.4 Å². The number of hydrogen-bond donors (Lipinski definition) is 0. The van der Waals surface area contributed by atoms with Crippen molar-refractivity contribution < 1.29 is 9.53 Å². The van der Waals surface area contributed by atoms with E-state index in [1.807, 2.05) is 4.90 Å². The van der Waals surface area contributed by atoms with Crippen LogP contribution in [0.25, 0.3) is 11.1 Å². The molecule has 0 radical (unpaired) electrons. The Bertz CT molecular complexity index is 730. The summed E-state index contributed by atoms with van der Waals surface area (Å²) in [5.41, 5.74) is 5.05. The molecule has 4 rings (SSSR count). The number of carbonyl (C=O) groups excluding carboxylic acids is 1. The van der Waals surface area contributed by atoms with E-state index in [1.165, 1.54) is 28.7 Å². The molecular formula is C22H25NO2. The number of benzene rings is 2. The van der Waals surface area contributed by atoms with Crippen molar-refractivity contribution in [2.75, 3.05) is 6.61 Å². The Morgan fingerprint density at radius 1 is 0.960 bits per heavy atom. The van der Waals surface area contributed by atoms with Gasteiger partial charge in [0.15, 0.2) is 0 Å². The lowest BCUT2D eigenvalue weighted by Crippen LogP contribution is -2.47. The molecule has 1 saturated heterocycles. The van der Waals surface area contributed by atoms with Crippen LogP contribution in [0.1, 0.15) is 50.2 Å². The van der Waals surface area contributed by atoms with Crippen LogP contribution in [0, 0.1) is 0 Å². The van der Waals surface area contributed by atoms with Crippen molar-refractivity contribution in [2.45, 2.75) is 51.1 Å². The molecule has 1 aliphatic carbocycles. The molecule has 130 valence electrons. The molecule has 2 aliphatic rings. The number of nitrogens with zero attached hydrogens (tertiary/aromatic N) is 1. The number of hydrogen-bond acceptors (Lipinski definition) is 2. The molecule has 25 heavy (non-hydrogen) atoms. The first kappa shape index (κ1) is 16.2. The average Bonchev–Trinajstić information content (AvgIpc) is 2.94. The number of amides is 1. The minimum absolute atomic E-state index is 0.131. The molecule has 1 heterocycles. The topological polar surface area (TPSA) is 29.5 Å². The number of rotatable bonds is 2. The maximum Gasteiger partial charge on any atom is 0.410 e. The van der Waals surface area contributed by atoms with Gasteiger partial charge in [0.1, 0.15) is 6.61 Å². The monoisotopic (exact) mass is 335 g/mol. The quantitative estimate of drug-likeness (QED) is 0.755. The van der Waals surface area contributed by atoms with Crippen molar-refractivity contribution >= 4 is 6.09 Å². The van der Waals surface area contributed by atoms with Gasteiger partial charge < -0.3 is 9.64 Å². The summed E-state index contributed by atoms with van der Waals surface area (Å²) in [5, 5.41) is 0. The average molecular weight is 335 g/mol. The lowest BCUT2D eigenvalue weighted by molar-refractivity contribution is 0.0538. The van der Waals surface area contributed by atoms with Crippen LogP contribution in [0.4, 0.5) is 4.79 Å². The van der Waals surface area contributed by atoms with Crippen molar-refractivity contribution in [3.8, 4) is 11.1 Å². The summed E-state index contributed by atoms with van der Waals surface area (Å²) in [4.78, 5) is 14.6. The third-order valence-corrected chi connectivity index (χ3v) is 5.74. The molecule has 0 spiro atoms. The second-order valence-electron chi connectivity index (χ2n) is 7.34. The summed E-state index contributed by atoms with van der Waals surface area (Å²) in [6, 6.07) is 17.4. The van der Waals surface area contributed by atoms with Crippen molar-refractivity contribution in [3.63, 3.8) is 0 Å². The van der Waals surface area contributed by atoms with Gasteiger partial charge in [-0.3, -0.25) is 0 Å². The predicted octanol–water partition coefficient (Wildman–Crippen LogP) is 5.20. The summed E-state index contributed by atoms with van der Waals surface area (Å²) in [5.74, 6) is 0.131. The maximum absolute atomic E-state index is 12.7. The Morgan fingerprint density at radius 2 is 1.48 bits per heavy atom. The summed E-state index contributed by atoms with van der Waals surface area (Å²) in [7, 11) is 0. The maximum atomic E-state index is 12.7. The second kappa shape index (κ2) is 6.55. The molecule has 2 aromatic carbocycles. The molecule has 0 unspecified atom stereocenters. The molecule has 0 aromatic heterocycles. The van der Waals surface area contributed by atoms with Gasteiger partial charge in [-0.05, 0) is 55.4 Å². The smallest absolute Gasteiger partial charge is 0.410 e. The van der Waals surface area contributed by atoms with Gasteiger partial charge in [0.05, 0.1) is 0 Å². The fraction of sp³-hybridized carbons (Fsp3) is 0.409. The van der Waals surface area contributed by atoms with Crippen LogP contribution in [0.3, 0.4) is 0 Å². The molecule has 0 N–H and O–H groups in total. The first-order valence-corrected chi connectivity index (χ1v) is 9.30. The number of ether oxygens (including phenoxy) is 1. The van der Waals surface area contributed by atoms with Crippen molar-refractivity contribution in [1.29, 1.82) is 0 Å². The Balaban J connectivity index is 1.54. The van der Waals surface area contributed by atoms with Crippen LogP contribution in [0.15, 0.2) is 48.5 Å². The highest BCUT2D eigenvalue weighted by Crippen LogP contribution is 2.44. The van der Waals surface area contributed by atoms with E-state index in [0.717, 1.165) is 12.8 Å². The summed E-state index contributed by atoms with van der Waals surface area (Å²) in [6.07, 6.45) is 3.15. The van der Waals surface area contributed by atoms with Crippen molar-refractivity contribution in [2.24, 2.45) is 0 Å². The van der Waals surface area contributed by atoms with Crippen LogP contribution in [0.2, 0.25) is 0 Å². The van der Waals surface area contributed by atoms with Crippen molar-refractivity contribution in [3.05, 3.63) is 59.7 Å². The fourth-order valence-electron chi connectivity index (χ4n) is 4.45. The largest absolute Gasteiger partial charge is 0.448 e. The van der Waals surface area contributed by atoms with Crippen LogP contribution < -0.4 is 0 Å². The standard InChI is InChI=1S/C22H25NO2/c1-15-8-7-9-16(2)23(15)22(24)25-14-21-19-12-5-3-10-17(19)18-11-4-6-13-20(18)21/h3-6,10-13,15-16,21H,7-9,14H2,1-2H3/t15-,16+. The van der Waals surface area contributed by atoms with Gasteiger partial charge in [-0.25, -0.2) is 4.79 Å². The van der Waals surface area contributed by atoms with Crippen LogP contribution >= 0.6 is 0 Å². The highest BCUT2D eigenvalue weighted by Gasteiger charge is 2.33. The van der Waals surface area contributed by atoms with Gasteiger partial charge in [0, 0.05) is 18.0 Å². The molecule has 0 saturated carbocycles. The van der Waals surface area contributed by atoms with E-state index >= 15 is 0 Å². The van der Waals surface area contributed by atoms with Crippen LogP contribution in [-0.4, -0.2) is 29.7 Å². The minimum Gasteiger partial charge on any atom is -0.448 e. The third-order valence-electron chi connectivity index (χ3n) is 5.74. The van der Waals surface area contributed by atoms with E-state index < -0.39 is 0 Å². The van der Waals surface area contributed by atoms with E-state index in [9.17, 15) is 4.79 Å². The third kappa shape index (κ3) is 2.82. The molecule has 2 aromatic rings. The molecule has 3 nitrogen and oxygen atoms in total. The molecule has 2 atom stereocenters. The SMILES string of the molecule is C[C@@H]1CCC[C@H](C)N1C(=O)OCC1c2ccccc2-c2ccccc21. The van der Waals surface area contributed by atoms with E-state index in [0.29, 0.717) is 6.61 Å². The molecular weight excluding hydrogens is 310 g/mol. The first-order chi connectivity index (χ1) is 12.2. The Labute approximate surface area is 149 Å². The second-order valence-corrected chi connectivity index (χ2v) is 7.34. The zero-order valence-corrected chi connectivity index (χ0v) is 14.9. The Hall–Kier alpha value is -2.29. The summed E-state index contributed by atoms with van der Waals surface area (Å²) >= 11 is 0. The first-order valence-electron chi connectivity index (χ1n) is 9.30. The zero-order valence-electron chi connectivity index (χ0n) is 14.9. The molecule has 1 fully saturated rings. The molecule has 1 aliphatic heterocycles. The predicted molar refractivity (Wildman–Crippen MR) is 99.7 cm³/mol. The van der Waals surface area contributed by atoms with Gasteiger partial charge in [-0.1, -0.05) is 48.5 Å². The highest BCUT2D eigenvalue weighted by molar-refractivity contribution is 5.79. The Morgan fingerprint density at radius 3 is 2.04 bits per heavy atom.